The molecule has 0 radical (unpaired) electrons. The van der Waals surface area contributed by atoms with Crippen molar-refractivity contribution in [3.63, 3.8) is 0 Å². The van der Waals surface area contributed by atoms with Crippen LogP contribution in [0.15, 0.2) is 23.8 Å². The van der Waals surface area contributed by atoms with E-state index in [1.807, 2.05) is 0 Å². The number of phenols is 3. The van der Waals surface area contributed by atoms with E-state index >= 15 is 0 Å². The van der Waals surface area contributed by atoms with Crippen LogP contribution in [0.1, 0.15) is 51.9 Å². The molecule has 1 saturated heterocycles. The molecular formula is C27H36O13. The van der Waals surface area contributed by atoms with E-state index in [4.69, 9.17) is 14.2 Å². The Hall–Kier alpha value is -3.07. The monoisotopic (exact) mass is 568 g/mol. The van der Waals surface area contributed by atoms with Gasteiger partial charge in [0.15, 0.2) is 40.7 Å². The number of hydrogen-bond donors (Lipinski definition) is 7. The highest BCUT2D eigenvalue weighted by Gasteiger charge is 2.66. The fourth-order valence-electron chi connectivity index (χ4n) is 5.32. The van der Waals surface area contributed by atoms with Crippen LogP contribution in [0.25, 0.3) is 0 Å². The lowest BCUT2D eigenvalue weighted by atomic mass is 9.56. The number of aromatic hydroxyl groups is 3. The number of ketones is 2. The zero-order valence-electron chi connectivity index (χ0n) is 23.0. The van der Waals surface area contributed by atoms with Crippen LogP contribution in [0.3, 0.4) is 0 Å². The average Bonchev–Trinajstić information content (AvgIpc) is 2.86. The van der Waals surface area contributed by atoms with Gasteiger partial charge in [-0.2, -0.15) is 0 Å². The molecule has 1 aliphatic heterocycles. The van der Waals surface area contributed by atoms with Crippen molar-refractivity contribution in [2.24, 2.45) is 10.8 Å². The zero-order valence-corrected chi connectivity index (χ0v) is 23.0. The number of aliphatic hydroxyl groups is 4. The summed E-state index contributed by atoms with van der Waals surface area (Å²) in [5.41, 5.74) is -5.26. The lowest BCUT2D eigenvalue weighted by Crippen LogP contribution is -2.71. The van der Waals surface area contributed by atoms with E-state index in [-0.39, 0.29) is 5.56 Å². The largest absolute Gasteiger partial charge is 0.504 e. The van der Waals surface area contributed by atoms with Gasteiger partial charge in [-0.25, -0.2) is 4.79 Å². The quantitative estimate of drug-likeness (QED) is 0.105. The number of rotatable bonds is 6. The minimum absolute atomic E-state index is 0.359. The highest BCUT2D eigenvalue weighted by atomic mass is 16.7. The molecule has 13 heteroatoms. The number of allylic oxidation sites excluding steroid dienone is 1. The van der Waals surface area contributed by atoms with Crippen LogP contribution in [-0.4, -0.2) is 102 Å². The summed E-state index contributed by atoms with van der Waals surface area (Å²) in [6.45, 7) is 8.24. The van der Waals surface area contributed by atoms with E-state index < -0.39 is 94.6 Å². The van der Waals surface area contributed by atoms with Gasteiger partial charge in [-0.3, -0.25) is 9.59 Å². The Morgan fingerprint density at radius 3 is 2.02 bits per heavy atom. The van der Waals surface area contributed by atoms with E-state index in [2.05, 4.69) is 0 Å². The summed E-state index contributed by atoms with van der Waals surface area (Å²) in [6, 6.07) is 1.65. The van der Waals surface area contributed by atoms with Crippen LogP contribution in [-0.2, 0) is 23.8 Å². The molecule has 0 amide bonds. The third-order valence-electron chi connectivity index (χ3n) is 7.27. The molecule has 0 bridgehead atoms. The molecule has 7 atom stereocenters. The lowest BCUT2D eigenvalue weighted by Gasteiger charge is -2.53. The predicted molar refractivity (Wildman–Crippen MR) is 135 cm³/mol. The molecule has 1 aromatic rings. The maximum Gasteiger partial charge on any atom is 0.338 e. The first-order valence-electron chi connectivity index (χ1n) is 12.5. The van der Waals surface area contributed by atoms with Crippen LogP contribution >= 0.6 is 0 Å². The molecule has 13 nitrogen and oxygen atoms in total. The van der Waals surface area contributed by atoms with Gasteiger partial charge in [-0.15, -0.1) is 0 Å². The van der Waals surface area contributed by atoms with Crippen molar-refractivity contribution in [3.8, 4) is 17.2 Å². The topological polar surface area (TPSA) is 221 Å². The molecule has 40 heavy (non-hydrogen) atoms. The summed E-state index contributed by atoms with van der Waals surface area (Å²) < 4.78 is 16.5. The van der Waals surface area contributed by atoms with Gasteiger partial charge in [0.1, 0.15) is 37.1 Å². The molecule has 1 aliphatic carbocycles. The minimum atomic E-state index is -2.34. The van der Waals surface area contributed by atoms with Crippen LogP contribution < -0.4 is 0 Å². The van der Waals surface area contributed by atoms with Crippen molar-refractivity contribution >= 4 is 17.5 Å². The zero-order chi connectivity index (χ0) is 30.5. The van der Waals surface area contributed by atoms with Gasteiger partial charge in [0.2, 0.25) is 0 Å². The van der Waals surface area contributed by atoms with E-state index in [1.54, 1.807) is 13.8 Å². The number of ether oxygens (including phenoxy) is 3. The highest BCUT2D eigenvalue weighted by Crippen LogP contribution is 2.48. The van der Waals surface area contributed by atoms with Crippen LogP contribution in [0.2, 0.25) is 0 Å². The Bertz CT molecular complexity index is 1190. The predicted octanol–water partition coefficient (Wildman–Crippen LogP) is 0.0545. The summed E-state index contributed by atoms with van der Waals surface area (Å²) >= 11 is 0. The molecule has 0 aromatic heterocycles. The van der Waals surface area contributed by atoms with Crippen molar-refractivity contribution in [2.45, 2.75) is 84.0 Å². The molecule has 2 fully saturated rings. The Morgan fingerprint density at radius 2 is 1.50 bits per heavy atom. The lowest BCUT2D eigenvalue weighted by molar-refractivity contribution is -0.328. The van der Waals surface area contributed by atoms with Gasteiger partial charge >= 0.3 is 5.97 Å². The summed E-state index contributed by atoms with van der Waals surface area (Å²) in [5.74, 6) is -4.92. The van der Waals surface area contributed by atoms with Gasteiger partial charge < -0.3 is 50.0 Å². The first-order valence-corrected chi connectivity index (χ1v) is 12.5. The number of carbonyl (C=O) groups is 3. The van der Waals surface area contributed by atoms with Crippen LogP contribution in [0, 0.1) is 10.8 Å². The Labute approximate surface area is 230 Å². The van der Waals surface area contributed by atoms with Crippen molar-refractivity contribution in [1.82, 2.24) is 0 Å². The van der Waals surface area contributed by atoms with Crippen molar-refractivity contribution in [3.05, 3.63) is 29.3 Å². The molecule has 1 heterocycles. The summed E-state index contributed by atoms with van der Waals surface area (Å²) in [5, 5.41) is 71.9. The van der Waals surface area contributed by atoms with Crippen molar-refractivity contribution in [1.29, 1.82) is 0 Å². The van der Waals surface area contributed by atoms with E-state index in [0.29, 0.717) is 5.57 Å². The van der Waals surface area contributed by atoms with E-state index in [0.717, 1.165) is 12.1 Å². The maximum absolute atomic E-state index is 13.4. The maximum atomic E-state index is 13.4. The van der Waals surface area contributed by atoms with E-state index in [9.17, 15) is 50.1 Å². The molecule has 1 saturated carbocycles. The van der Waals surface area contributed by atoms with Gasteiger partial charge in [0, 0.05) is 0 Å². The molecule has 7 N–H and O–H groups in total. The number of benzene rings is 1. The molecular weight excluding hydrogens is 532 g/mol. The van der Waals surface area contributed by atoms with Gasteiger partial charge in [-0.05, 0) is 45.9 Å². The summed E-state index contributed by atoms with van der Waals surface area (Å²) in [4.78, 5) is 39.2. The average molecular weight is 569 g/mol. The van der Waals surface area contributed by atoms with Gasteiger partial charge in [0.05, 0.1) is 16.4 Å². The minimum Gasteiger partial charge on any atom is -0.504 e. The third kappa shape index (κ3) is 5.32. The number of phenolic OH excluding ortho intramolecular Hbond substituents is 3. The summed E-state index contributed by atoms with van der Waals surface area (Å²) in [7, 11) is 0. The smallest absolute Gasteiger partial charge is 0.338 e. The first-order chi connectivity index (χ1) is 18.3. The molecule has 3 rings (SSSR count). The number of carbonyl (C=O) groups excluding carboxylic acids is 3. The Morgan fingerprint density at radius 1 is 0.950 bits per heavy atom. The number of aliphatic hydroxyl groups excluding tert-OH is 3. The van der Waals surface area contributed by atoms with Crippen LogP contribution in [0.5, 0.6) is 17.2 Å². The van der Waals surface area contributed by atoms with Crippen molar-refractivity contribution in [2.75, 3.05) is 6.61 Å². The molecule has 0 unspecified atom stereocenters. The molecule has 2 aliphatic rings. The Balaban J connectivity index is 1.88. The third-order valence-corrected chi connectivity index (χ3v) is 7.27. The second-order valence-electron chi connectivity index (χ2n) is 11.5. The highest BCUT2D eigenvalue weighted by molar-refractivity contribution is 6.15. The van der Waals surface area contributed by atoms with Gasteiger partial charge in [-0.1, -0.05) is 19.4 Å². The fourth-order valence-corrected chi connectivity index (χ4v) is 5.32. The molecule has 1 aromatic carbocycles. The summed E-state index contributed by atoms with van der Waals surface area (Å²) in [6.07, 6.45) is -9.24. The fraction of sp³-hybridized carbons (Fsp3) is 0.593. The molecule has 222 valence electrons. The second-order valence-corrected chi connectivity index (χ2v) is 11.5. The number of Topliss-reactive ketones (excluding diaryl/α,β-unsaturated/α-hetero) is 2. The number of esters is 1. The first kappa shape index (κ1) is 31.5. The SMILES string of the molecule is CC(C)=C[C@]1(O)C(=O)C(C)(C)C(=O)C(C)(C)[C@@H]1O[C@@H]1O[C@H](COC(=O)c2cc(O)c(O)c(O)c2)[C@@H](O)[C@H](O)[C@H]1O. The normalized spacial score (nSPS) is 33.4. The standard InChI is InChI=1S/C27H36O13/c1-11(2)9-27(37)23(36)25(3,4)22(35)26(5,6)24(27)40-21-19(33)18(32)17(31)15(39-21)10-38-20(34)12-7-13(28)16(30)14(29)8-12/h7-9,15,17-19,21,24,28-33,37H,10H2,1-6H3/t15-,17-,18+,19-,21+,24+,27+/m1/s1. The van der Waals surface area contributed by atoms with Crippen molar-refractivity contribution < 1.29 is 64.3 Å². The second kappa shape index (κ2) is 10.7. The van der Waals surface area contributed by atoms with E-state index in [1.165, 1.54) is 33.8 Å². The number of hydrogen-bond acceptors (Lipinski definition) is 13. The molecule has 0 spiro atoms. The van der Waals surface area contributed by atoms with Gasteiger partial charge in [0.25, 0.3) is 0 Å². The van der Waals surface area contributed by atoms with Crippen LogP contribution in [0.4, 0.5) is 0 Å². The Kier molecular flexibility index (Phi) is 8.44.